The zero-order valence-corrected chi connectivity index (χ0v) is 19.5. The lowest BCUT2D eigenvalue weighted by molar-refractivity contribution is -0.126. The summed E-state index contributed by atoms with van der Waals surface area (Å²) in [5, 5.41) is 5.55. The van der Waals surface area contributed by atoms with E-state index in [0.717, 1.165) is 36.1 Å². The van der Waals surface area contributed by atoms with Gasteiger partial charge in [0.25, 0.3) is 5.91 Å². The summed E-state index contributed by atoms with van der Waals surface area (Å²) in [6.07, 6.45) is 5.12. The van der Waals surface area contributed by atoms with Gasteiger partial charge in [-0.3, -0.25) is 19.3 Å². The minimum Gasteiger partial charge on any atom is -0.459 e. The highest BCUT2D eigenvalue weighted by atomic mass is 19.1. The second-order valence-electron chi connectivity index (χ2n) is 8.68. The fraction of sp³-hybridized carbons (Fsp3) is 0.296. The second kappa shape index (κ2) is 11.0. The molecule has 2 aromatic carbocycles. The van der Waals surface area contributed by atoms with Crippen LogP contribution < -0.4 is 15.5 Å². The van der Waals surface area contributed by atoms with Crippen molar-refractivity contribution in [1.82, 2.24) is 10.6 Å². The molecule has 3 aromatic rings. The molecule has 4 rings (SSSR count). The molecule has 2 N–H and O–H groups in total. The summed E-state index contributed by atoms with van der Waals surface area (Å²) in [5.41, 5.74) is 1.48. The number of nitrogens with zero attached hydrogens (tertiary/aromatic N) is 1. The van der Waals surface area contributed by atoms with Crippen molar-refractivity contribution in [2.75, 3.05) is 11.4 Å². The fourth-order valence-electron chi connectivity index (χ4n) is 4.32. The van der Waals surface area contributed by atoms with Crippen LogP contribution in [-0.2, 0) is 9.59 Å². The number of amides is 3. The first-order valence-corrected chi connectivity index (χ1v) is 11.7. The molecule has 182 valence electrons. The molecule has 35 heavy (non-hydrogen) atoms. The van der Waals surface area contributed by atoms with E-state index >= 15 is 4.39 Å². The number of aryl methyl sites for hydroxylation is 1. The molecule has 1 aliphatic rings. The van der Waals surface area contributed by atoms with E-state index in [0.29, 0.717) is 5.56 Å². The van der Waals surface area contributed by atoms with E-state index in [1.54, 1.807) is 24.3 Å². The molecule has 8 heteroatoms. The van der Waals surface area contributed by atoms with Crippen LogP contribution in [0.15, 0.2) is 71.3 Å². The summed E-state index contributed by atoms with van der Waals surface area (Å²) in [5.74, 6) is -2.22. The minimum absolute atomic E-state index is 0.00618. The van der Waals surface area contributed by atoms with Gasteiger partial charge in [-0.05, 0) is 49.6 Å². The molecule has 0 aliphatic heterocycles. The van der Waals surface area contributed by atoms with Crippen LogP contribution in [0.1, 0.15) is 53.4 Å². The third-order valence-electron chi connectivity index (χ3n) is 6.13. The van der Waals surface area contributed by atoms with Crippen LogP contribution in [0.25, 0.3) is 0 Å². The summed E-state index contributed by atoms with van der Waals surface area (Å²) >= 11 is 0. The van der Waals surface area contributed by atoms with E-state index in [4.69, 9.17) is 4.42 Å². The Morgan fingerprint density at radius 3 is 2.40 bits per heavy atom. The lowest BCUT2D eigenvalue weighted by atomic mass is 10.0. The first kappa shape index (κ1) is 24.2. The van der Waals surface area contributed by atoms with E-state index in [9.17, 15) is 14.4 Å². The Morgan fingerprint density at radius 1 is 1.03 bits per heavy atom. The Hall–Kier alpha value is -3.94. The Labute approximate surface area is 203 Å². The number of carbonyl (C=O) groups is 3. The number of anilines is 1. The van der Waals surface area contributed by atoms with Crippen molar-refractivity contribution in [3.8, 4) is 0 Å². The summed E-state index contributed by atoms with van der Waals surface area (Å²) in [6, 6.07) is 14.9. The van der Waals surface area contributed by atoms with Gasteiger partial charge in [0.1, 0.15) is 11.9 Å². The Bertz CT molecular complexity index is 1170. The summed E-state index contributed by atoms with van der Waals surface area (Å²) in [4.78, 5) is 40.6. The molecule has 1 saturated carbocycles. The van der Waals surface area contributed by atoms with Gasteiger partial charge in [-0.15, -0.1) is 0 Å². The molecule has 1 aliphatic carbocycles. The number of furan rings is 1. The van der Waals surface area contributed by atoms with Gasteiger partial charge >= 0.3 is 0 Å². The van der Waals surface area contributed by atoms with Gasteiger partial charge in [-0.25, -0.2) is 4.39 Å². The van der Waals surface area contributed by atoms with Crippen LogP contribution >= 0.6 is 0 Å². The van der Waals surface area contributed by atoms with Gasteiger partial charge in [0, 0.05) is 6.04 Å². The van der Waals surface area contributed by atoms with E-state index in [2.05, 4.69) is 10.6 Å². The zero-order chi connectivity index (χ0) is 24.8. The molecule has 1 atom stereocenters. The standard InChI is InChI=1S/C27H28FN3O4/c1-18-12-14-19(15-13-18)25(27(34)30-20-7-2-3-8-20)31(22-10-5-4-9-21(22)28)24(32)17-29-26(33)23-11-6-16-35-23/h4-6,9-16,20,25H,2-3,7-8,17H2,1H3,(H,29,33)(H,30,34)/t25-/m1/s1. The summed E-state index contributed by atoms with van der Waals surface area (Å²) < 4.78 is 20.1. The number of benzene rings is 2. The van der Waals surface area contributed by atoms with Crippen LogP contribution in [0.5, 0.6) is 0 Å². The van der Waals surface area contributed by atoms with Gasteiger partial charge in [0.05, 0.1) is 18.5 Å². The van der Waals surface area contributed by atoms with Gasteiger partial charge in [-0.2, -0.15) is 0 Å². The molecule has 1 fully saturated rings. The van der Waals surface area contributed by atoms with Gasteiger partial charge in [0.2, 0.25) is 11.8 Å². The molecule has 1 aromatic heterocycles. The largest absolute Gasteiger partial charge is 0.459 e. The van der Waals surface area contributed by atoms with Crippen molar-refractivity contribution in [1.29, 1.82) is 0 Å². The number of nitrogens with one attached hydrogen (secondary N) is 2. The van der Waals surface area contributed by atoms with Crippen LogP contribution in [0.4, 0.5) is 10.1 Å². The van der Waals surface area contributed by atoms with Crippen LogP contribution in [0.3, 0.4) is 0 Å². The van der Waals surface area contributed by atoms with Gasteiger partial charge in [0.15, 0.2) is 5.76 Å². The van der Waals surface area contributed by atoms with Crippen molar-refractivity contribution in [3.63, 3.8) is 0 Å². The molecule has 0 radical (unpaired) electrons. The van der Waals surface area contributed by atoms with Crippen LogP contribution in [0.2, 0.25) is 0 Å². The number of rotatable bonds is 8. The summed E-state index contributed by atoms with van der Waals surface area (Å²) in [7, 11) is 0. The Kier molecular flexibility index (Phi) is 7.60. The zero-order valence-electron chi connectivity index (χ0n) is 19.5. The molecule has 0 bridgehead atoms. The van der Waals surface area contributed by atoms with E-state index in [1.807, 2.05) is 19.1 Å². The predicted octanol–water partition coefficient (Wildman–Crippen LogP) is 4.29. The van der Waals surface area contributed by atoms with Gasteiger partial charge in [-0.1, -0.05) is 54.8 Å². The normalized spacial score (nSPS) is 14.3. The van der Waals surface area contributed by atoms with Crippen molar-refractivity contribution < 1.29 is 23.2 Å². The predicted molar refractivity (Wildman–Crippen MR) is 129 cm³/mol. The maximum absolute atomic E-state index is 15.0. The number of hydrogen-bond acceptors (Lipinski definition) is 4. The Balaban J connectivity index is 1.69. The lowest BCUT2D eigenvalue weighted by Crippen LogP contribution is -2.49. The maximum Gasteiger partial charge on any atom is 0.287 e. The fourth-order valence-corrected chi connectivity index (χ4v) is 4.32. The topological polar surface area (TPSA) is 91.7 Å². The van der Waals surface area contributed by atoms with Gasteiger partial charge < -0.3 is 15.1 Å². The number of carbonyl (C=O) groups excluding carboxylic acids is 3. The van der Waals surface area contributed by atoms with Crippen molar-refractivity contribution >= 4 is 23.4 Å². The van der Waals surface area contributed by atoms with Crippen LogP contribution in [0, 0.1) is 12.7 Å². The SMILES string of the molecule is Cc1ccc([C@H](C(=O)NC2CCCC2)N(C(=O)CNC(=O)c2ccco2)c2ccccc2F)cc1. The number of para-hydroxylation sites is 1. The Morgan fingerprint density at radius 2 is 1.74 bits per heavy atom. The monoisotopic (exact) mass is 477 g/mol. The number of halogens is 1. The summed E-state index contributed by atoms with van der Waals surface area (Å²) in [6.45, 7) is 1.47. The lowest BCUT2D eigenvalue weighted by Gasteiger charge is -2.32. The third kappa shape index (κ3) is 5.77. The highest BCUT2D eigenvalue weighted by molar-refractivity contribution is 6.04. The van der Waals surface area contributed by atoms with E-state index in [-0.39, 0.29) is 17.5 Å². The van der Waals surface area contributed by atoms with E-state index in [1.165, 1.54) is 30.5 Å². The van der Waals surface area contributed by atoms with Crippen molar-refractivity contribution in [2.45, 2.75) is 44.7 Å². The molecule has 0 spiro atoms. The second-order valence-corrected chi connectivity index (χ2v) is 8.68. The van der Waals surface area contributed by atoms with Crippen molar-refractivity contribution in [3.05, 3.63) is 89.6 Å². The molecule has 1 heterocycles. The smallest absolute Gasteiger partial charge is 0.287 e. The first-order chi connectivity index (χ1) is 16.9. The van der Waals surface area contributed by atoms with E-state index < -0.39 is 36.1 Å². The minimum atomic E-state index is -1.12. The number of hydrogen-bond donors (Lipinski definition) is 2. The van der Waals surface area contributed by atoms with Crippen LogP contribution in [-0.4, -0.2) is 30.3 Å². The molecule has 0 saturated heterocycles. The quantitative estimate of drug-likeness (QED) is 0.506. The molecular formula is C27H28FN3O4. The highest BCUT2D eigenvalue weighted by Gasteiger charge is 2.35. The molecule has 3 amide bonds. The molecule has 0 unspecified atom stereocenters. The molecular weight excluding hydrogens is 449 g/mol. The maximum atomic E-state index is 15.0. The molecule has 7 nitrogen and oxygen atoms in total. The highest BCUT2D eigenvalue weighted by Crippen LogP contribution is 2.31. The average molecular weight is 478 g/mol. The average Bonchev–Trinajstić information content (AvgIpc) is 3.57. The van der Waals surface area contributed by atoms with Crippen molar-refractivity contribution in [2.24, 2.45) is 0 Å². The third-order valence-corrected chi connectivity index (χ3v) is 6.13. The first-order valence-electron chi connectivity index (χ1n) is 11.7.